The van der Waals surface area contributed by atoms with Gasteiger partial charge in [0.15, 0.2) is 0 Å². The van der Waals surface area contributed by atoms with E-state index in [4.69, 9.17) is 16.3 Å². The number of benzene rings is 2. The fraction of sp³-hybridized carbons (Fsp3) is 0.0667. The van der Waals surface area contributed by atoms with Crippen molar-refractivity contribution in [2.45, 2.75) is 0 Å². The molecule has 0 aliphatic heterocycles. The summed E-state index contributed by atoms with van der Waals surface area (Å²) in [6.45, 7) is 3.75. The Morgan fingerprint density at radius 3 is 2.61 bits per heavy atom. The van der Waals surface area contributed by atoms with Crippen LogP contribution in [0.1, 0.15) is 5.56 Å². The standard InChI is InChI=1S/C15H12ClFO/c1-3-10-8-12(18-2)5-6-13(10)14-9-11(17)4-7-15(14)16/h3-9H,1H2,2H3. The third-order valence-corrected chi connectivity index (χ3v) is 3.03. The minimum atomic E-state index is -0.319. The van der Waals surface area contributed by atoms with Gasteiger partial charge < -0.3 is 4.74 Å². The van der Waals surface area contributed by atoms with Crippen molar-refractivity contribution in [3.05, 3.63) is 59.4 Å². The van der Waals surface area contributed by atoms with Crippen LogP contribution in [0.3, 0.4) is 0 Å². The molecular weight excluding hydrogens is 251 g/mol. The van der Waals surface area contributed by atoms with Gasteiger partial charge in [-0.15, -0.1) is 0 Å². The van der Waals surface area contributed by atoms with Crippen LogP contribution in [-0.4, -0.2) is 7.11 Å². The summed E-state index contributed by atoms with van der Waals surface area (Å²) in [5.74, 6) is 0.404. The molecule has 3 heteroatoms. The quantitative estimate of drug-likeness (QED) is 0.772. The molecule has 2 aromatic rings. The monoisotopic (exact) mass is 262 g/mol. The molecule has 0 aliphatic rings. The molecule has 0 aliphatic carbocycles. The van der Waals surface area contributed by atoms with Crippen molar-refractivity contribution in [2.75, 3.05) is 7.11 Å². The number of halogens is 2. The largest absolute Gasteiger partial charge is 0.497 e. The van der Waals surface area contributed by atoms with Crippen LogP contribution in [-0.2, 0) is 0 Å². The molecule has 2 rings (SSSR count). The third-order valence-electron chi connectivity index (χ3n) is 2.70. The SMILES string of the molecule is C=Cc1cc(OC)ccc1-c1cc(F)ccc1Cl. The van der Waals surface area contributed by atoms with E-state index in [-0.39, 0.29) is 5.82 Å². The van der Waals surface area contributed by atoms with Gasteiger partial charge in [-0.2, -0.15) is 0 Å². The van der Waals surface area contributed by atoms with Gasteiger partial charge in [0.25, 0.3) is 0 Å². The molecule has 0 aromatic heterocycles. The van der Waals surface area contributed by atoms with Crippen LogP contribution in [0.15, 0.2) is 43.0 Å². The van der Waals surface area contributed by atoms with E-state index >= 15 is 0 Å². The molecule has 1 nitrogen and oxygen atoms in total. The first kappa shape index (κ1) is 12.7. The van der Waals surface area contributed by atoms with E-state index in [1.165, 1.54) is 12.1 Å². The average molecular weight is 263 g/mol. The molecule has 0 saturated carbocycles. The zero-order valence-corrected chi connectivity index (χ0v) is 10.7. The van der Waals surface area contributed by atoms with Gasteiger partial charge in [-0.1, -0.05) is 30.3 Å². The summed E-state index contributed by atoms with van der Waals surface area (Å²) in [7, 11) is 1.59. The van der Waals surface area contributed by atoms with E-state index in [0.29, 0.717) is 10.6 Å². The molecule has 2 aromatic carbocycles. The maximum Gasteiger partial charge on any atom is 0.123 e. The van der Waals surface area contributed by atoms with E-state index in [1.54, 1.807) is 19.3 Å². The molecule has 0 bridgehead atoms. The summed E-state index contributed by atoms with van der Waals surface area (Å²) in [6, 6.07) is 9.78. The lowest BCUT2D eigenvalue weighted by Crippen LogP contribution is -1.89. The van der Waals surface area contributed by atoms with Crippen LogP contribution < -0.4 is 4.74 Å². The minimum absolute atomic E-state index is 0.319. The Morgan fingerprint density at radius 1 is 1.17 bits per heavy atom. The van der Waals surface area contributed by atoms with Crippen LogP contribution in [0.4, 0.5) is 4.39 Å². The van der Waals surface area contributed by atoms with Gasteiger partial charge in [-0.3, -0.25) is 0 Å². The van der Waals surface area contributed by atoms with Gasteiger partial charge in [-0.25, -0.2) is 4.39 Å². The minimum Gasteiger partial charge on any atom is -0.497 e. The second-order valence-corrected chi connectivity index (χ2v) is 4.19. The Kier molecular flexibility index (Phi) is 3.68. The normalized spacial score (nSPS) is 10.2. The van der Waals surface area contributed by atoms with E-state index in [9.17, 15) is 4.39 Å². The number of methoxy groups -OCH3 is 1. The van der Waals surface area contributed by atoms with Gasteiger partial charge in [0.05, 0.1) is 7.11 Å². The first-order valence-corrected chi connectivity index (χ1v) is 5.79. The van der Waals surface area contributed by atoms with Crippen molar-refractivity contribution in [1.29, 1.82) is 0 Å². The number of hydrogen-bond acceptors (Lipinski definition) is 1. The molecule has 92 valence electrons. The molecule has 0 heterocycles. The van der Waals surface area contributed by atoms with Gasteiger partial charge in [0.2, 0.25) is 0 Å². The zero-order chi connectivity index (χ0) is 13.1. The maximum atomic E-state index is 13.3. The van der Waals surface area contributed by atoms with E-state index in [0.717, 1.165) is 16.9 Å². The molecule has 0 radical (unpaired) electrons. The molecule has 0 spiro atoms. The molecule has 0 unspecified atom stereocenters. The smallest absolute Gasteiger partial charge is 0.123 e. The van der Waals surface area contributed by atoms with Gasteiger partial charge >= 0.3 is 0 Å². The summed E-state index contributed by atoms with van der Waals surface area (Å²) in [5.41, 5.74) is 2.33. The second-order valence-electron chi connectivity index (χ2n) is 3.78. The average Bonchev–Trinajstić information content (AvgIpc) is 2.41. The molecule has 0 N–H and O–H groups in total. The molecular formula is C15H12ClFO. The highest BCUT2D eigenvalue weighted by Gasteiger charge is 2.09. The van der Waals surface area contributed by atoms with Crippen molar-refractivity contribution < 1.29 is 9.13 Å². The van der Waals surface area contributed by atoms with E-state index in [1.807, 2.05) is 18.2 Å². The summed E-state index contributed by atoms with van der Waals surface area (Å²) >= 11 is 6.10. The lowest BCUT2D eigenvalue weighted by molar-refractivity contribution is 0.415. The van der Waals surface area contributed by atoms with E-state index in [2.05, 4.69) is 6.58 Å². The molecule has 18 heavy (non-hydrogen) atoms. The summed E-state index contributed by atoms with van der Waals surface area (Å²) in [4.78, 5) is 0. The first-order valence-electron chi connectivity index (χ1n) is 5.41. The van der Waals surface area contributed by atoms with Crippen LogP contribution in [0, 0.1) is 5.82 Å². The number of hydrogen-bond donors (Lipinski definition) is 0. The fourth-order valence-corrected chi connectivity index (χ4v) is 2.01. The highest BCUT2D eigenvalue weighted by molar-refractivity contribution is 6.33. The van der Waals surface area contributed by atoms with Crippen LogP contribution >= 0.6 is 11.6 Å². The van der Waals surface area contributed by atoms with Gasteiger partial charge in [0.1, 0.15) is 11.6 Å². The molecule has 0 amide bonds. The summed E-state index contributed by atoms with van der Waals surface area (Å²) < 4.78 is 18.5. The molecule has 0 saturated heterocycles. The Morgan fingerprint density at radius 2 is 1.94 bits per heavy atom. The highest BCUT2D eigenvalue weighted by atomic mass is 35.5. The lowest BCUT2D eigenvalue weighted by Gasteiger charge is -2.10. The van der Waals surface area contributed by atoms with Crippen molar-refractivity contribution in [3.8, 4) is 16.9 Å². The number of rotatable bonds is 3. The predicted octanol–water partition coefficient (Wildman–Crippen LogP) is 4.80. The Hall–Kier alpha value is -1.80. The van der Waals surface area contributed by atoms with Crippen LogP contribution in [0.2, 0.25) is 5.02 Å². The topological polar surface area (TPSA) is 9.23 Å². The maximum absolute atomic E-state index is 13.3. The molecule has 0 atom stereocenters. The summed E-state index contributed by atoms with van der Waals surface area (Å²) in [5, 5.41) is 0.504. The van der Waals surface area contributed by atoms with Gasteiger partial charge in [-0.05, 0) is 41.5 Å². The Labute approximate surface area is 110 Å². The Balaban J connectivity index is 2.63. The van der Waals surface area contributed by atoms with E-state index < -0.39 is 0 Å². The van der Waals surface area contributed by atoms with Crippen LogP contribution in [0.25, 0.3) is 17.2 Å². The molecule has 0 fully saturated rings. The highest BCUT2D eigenvalue weighted by Crippen LogP contribution is 2.33. The third kappa shape index (κ3) is 2.39. The lowest BCUT2D eigenvalue weighted by atomic mass is 9.99. The second kappa shape index (κ2) is 5.23. The fourth-order valence-electron chi connectivity index (χ4n) is 1.79. The summed E-state index contributed by atoms with van der Waals surface area (Å²) in [6.07, 6.45) is 1.69. The van der Waals surface area contributed by atoms with Crippen molar-refractivity contribution >= 4 is 17.7 Å². The zero-order valence-electron chi connectivity index (χ0n) is 9.91. The van der Waals surface area contributed by atoms with Crippen molar-refractivity contribution in [3.63, 3.8) is 0 Å². The van der Waals surface area contributed by atoms with Crippen molar-refractivity contribution in [2.24, 2.45) is 0 Å². The van der Waals surface area contributed by atoms with Crippen molar-refractivity contribution in [1.82, 2.24) is 0 Å². The van der Waals surface area contributed by atoms with Crippen LogP contribution in [0.5, 0.6) is 5.75 Å². The number of ether oxygens (including phenoxy) is 1. The predicted molar refractivity (Wildman–Crippen MR) is 73.5 cm³/mol. The Bertz CT molecular complexity index is 593. The first-order chi connectivity index (χ1) is 8.65. The van der Waals surface area contributed by atoms with Gasteiger partial charge in [0, 0.05) is 10.6 Å².